The zero-order valence-electron chi connectivity index (χ0n) is 31.2. The van der Waals surface area contributed by atoms with Crippen molar-refractivity contribution in [2.75, 3.05) is 19.8 Å². The highest BCUT2D eigenvalue weighted by molar-refractivity contribution is 5.91. The van der Waals surface area contributed by atoms with Crippen molar-refractivity contribution in [3.05, 3.63) is 77.4 Å². The molecule has 51 heavy (non-hydrogen) atoms. The number of hydrogen-bond donors (Lipinski definition) is 0. The number of unbranched alkanes of at least 4 members (excludes halogenated alkanes) is 2. The van der Waals surface area contributed by atoms with Gasteiger partial charge >= 0.3 is 23.9 Å². The van der Waals surface area contributed by atoms with E-state index < -0.39 is 36.4 Å². The van der Waals surface area contributed by atoms with Gasteiger partial charge in [0.05, 0.1) is 6.61 Å². The molecule has 1 saturated carbocycles. The highest BCUT2D eigenvalue weighted by Crippen LogP contribution is 2.39. The van der Waals surface area contributed by atoms with Gasteiger partial charge in [-0.15, -0.1) is 0 Å². The molecule has 9 heteroatoms. The lowest BCUT2D eigenvalue weighted by Gasteiger charge is -2.29. The molecule has 0 bridgehead atoms. The highest BCUT2D eigenvalue weighted by Gasteiger charge is 2.24. The van der Waals surface area contributed by atoms with Gasteiger partial charge in [-0.3, -0.25) is 9.59 Å². The van der Waals surface area contributed by atoms with Gasteiger partial charge in [-0.05, 0) is 99.1 Å². The average Bonchev–Trinajstić information content (AvgIpc) is 3.11. The normalized spacial score (nSPS) is 16.0. The summed E-state index contributed by atoms with van der Waals surface area (Å²) in [5.74, 6) is -0.934. The van der Waals surface area contributed by atoms with Crippen LogP contribution in [0.1, 0.15) is 115 Å². The Hall–Kier alpha value is -4.40. The molecule has 0 amide bonds. The van der Waals surface area contributed by atoms with E-state index in [1.54, 1.807) is 19.9 Å². The summed E-state index contributed by atoms with van der Waals surface area (Å²) < 4.78 is 27.1. The molecule has 278 valence electrons. The van der Waals surface area contributed by atoms with Crippen molar-refractivity contribution in [3.8, 4) is 16.9 Å². The van der Waals surface area contributed by atoms with Crippen LogP contribution in [0.3, 0.4) is 0 Å². The molecule has 0 heterocycles. The lowest BCUT2D eigenvalue weighted by molar-refractivity contribution is -0.162. The Morgan fingerprint density at radius 3 is 2.14 bits per heavy atom. The highest BCUT2D eigenvalue weighted by atomic mass is 16.6. The fourth-order valence-electron chi connectivity index (χ4n) is 6.29. The van der Waals surface area contributed by atoms with E-state index in [1.165, 1.54) is 69.4 Å². The number of aryl methyl sites for hydroxylation is 1. The SMILES string of the molecule is C=C(C)C(=O)OCc1cc(-c2ccc(C3CCC(CCCCC)CC3)cc2CC)ccc1OCC(COC(=O)CC(=O)OCC)OC(=O)C(=C)C. The molecule has 2 aromatic carbocycles. The third-order valence-corrected chi connectivity index (χ3v) is 9.19. The van der Waals surface area contributed by atoms with Gasteiger partial charge in [0.2, 0.25) is 0 Å². The summed E-state index contributed by atoms with van der Waals surface area (Å²) in [6, 6.07) is 12.5. The fraction of sp³-hybridized carbons (Fsp3) is 0.524. The first-order chi connectivity index (χ1) is 24.4. The second-order valence-electron chi connectivity index (χ2n) is 13.4. The van der Waals surface area contributed by atoms with Crippen LogP contribution in [0, 0.1) is 5.92 Å². The van der Waals surface area contributed by atoms with Crippen LogP contribution in [0.2, 0.25) is 0 Å². The number of carbonyl (C=O) groups excluding carboxylic acids is 4. The smallest absolute Gasteiger partial charge is 0.333 e. The molecule has 0 saturated heterocycles. The van der Waals surface area contributed by atoms with Gasteiger partial charge in [-0.25, -0.2) is 9.59 Å². The molecule has 0 radical (unpaired) electrons. The molecule has 0 N–H and O–H groups in total. The van der Waals surface area contributed by atoms with Crippen LogP contribution in [-0.2, 0) is 51.2 Å². The Morgan fingerprint density at radius 1 is 0.784 bits per heavy atom. The van der Waals surface area contributed by atoms with Crippen LogP contribution in [0.15, 0.2) is 60.7 Å². The van der Waals surface area contributed by atoms with Crippen LogP contribution >= 0.6 is 0 Å². The predicted octanol–water partition coefficient (Wildman–Crippen LogP) is 8.75. The van der Waals surface area contributed by atoms with Crippen molar-refractivity contribution < 1.29 is 42.9 Å². The van der Waals surface area contributed by atoms with Crippen LogP contribution in [0.25, 0.3) is 11.1 Å². The summed E-state index contributed by atoms with van der Waals surface area (Å²) in [7, 11) is 0. The van der Waals surface area contributed by atoms with E-state index in [4.69, 9.17) is 23.7 Å². The molecule has 9 nitrogen and oxygen atoms in total. The summed E-state index contributed by atoms with van der Waals surface area (Å²) in [6.45, 7) is 15.9. The summed E-state index contributed by atoms with van der Waals surface area (Å²) in [4.78, 5) is 48.6. The third-order valence-electron chi connectivity index (χ3n) is 9.19. The van der Waals surface area contributed by atoms with Gasteiger partial charge in [-0.2, -0.15) is 0 Å². The maximum atomic E-state index is 12.4. The minimum atomic E-state index is -1.02. The van der Waals surface area contributed by atoms with Crippen molar-refractivity contribution in [2.24, 2.45) is 5.92 Å². The maximum absolute atomic E-state index is 12.4. The predicted molar refractivity (Wildman–Crippen MR) is 197 cm³/mol. The molecule has 1 aliphatic rings. The topological polar surface area (TPSA) is 114 Å². The van der Waals surface area contributed by atoms with Crippen molar-refractivity contribution >= 4 is 23.9 Å². The van der Waals surface area contributed by atoms with Gasteiger partial charge < -0.3 is 23.7 Å². The molecule has 3 rings (SSSR count). The quantitative estimate of drug-likeness (QED) is 0.0439. The number of carbonyl (C=O) groups is 4. The van der Waals surface area contributed by atoms with Crippen LogP contribution in [0.5, 0.6) is 5.75 Å². The molecule has 1 aliphatic carbocycles. The Balaban J connectivity index is 1.81. The first kappa shape index (κ1) is 41.0. The Labute approximate surface area is 303 Å². The van der Waals surface area contributed by atoms with Gasteiger partial charge in [0.15, 0.2) is 6.10 Å². The molecule has 0 aliphatic heterocycles. The van der Waals surface area contributed by atoms with E-state index >= 15 is 0 Å². The minimum absolute atomic E-state index is 0.0827. The molecule has 1 fully saturated rings. The van der Waals surface area contributed by atoms with Crippen molar-refractivity contribution in [2.45, 2.75) is 117 Å². The molecule has 1 atom stereocenters. The number of benzene rings is 2. The van der Waals surface area contributed by atoms with Gasteiger partial charge in [0, 0.05) is 16.7 Å². The standard InChI is InChI=1S/C42H56O9/c1-8-11-12-13-30-14-16-32(17-15-30)33-18-20-37(31(9-2)22-33)34-19-21-38(35(23-34)25-50-41(45)28(4)5)48-26-36(51-42(46)29(6)7)27-49-40(44)24-39(43)47-10-3/h18-23,30,32,36H,4,6,8-17,24-27H2,1-3,5,7H3. The summed E-state index contributed by atoms with van der Waals surface area (Å²) in [6.07, 6.45) is 9.63. The van der Waals surface area contributed by atoms with Crippen LogP contribution in [0.4, 0.5) is 0 Å². The average molecular weight is 705 g/mol. The summed E-state index contributed by atoms with van der Waals surface area (Å²) in [5.41, 5.74) is 5.70. The first-order valence-electron chi connectivity index (χ1n) is 18.3. The monoisotopic (exact) mass is 704 g/mol. The number of hydrogen-bond acceptors (Lipinski definition) is 9. The Bertz CT molecular complexity index is 1520. The molecule has 0 spiro atoms. The second kappa shape index (κ2) is 21.1. The number of esters is 4. The van der Waals surface area contributed by atoms with Gasteiger partial charge in [-0.1, -0.05) is 77.0 Å². The lowest BCUT2D eigenvalue weighted by atomic mass is 9.76. The van der Waals surface area contributed by atoms with Gasteiger partial charge in [0.25, 0.3) is 0 Å². The minimum Gasteiger partial charge on any atom is -0.489 e. The van der Waals surface area contributed by atoms with Crippen LogP contribution < -0.4 is 4.74 Å². The number of rotatable bonds is 20. The van der Waals surface area contributed by atoms with Crippen molar-refractivity contribution in [3.63, 3.8) is 0 Å². The van der Waals surface area contributed by atoms with E-state index in [-0.39, 0.29) is 37.6 Å². The molecular formula is C42H56O9. The largest absolute Gasteiger partial charge is 0.489 e. The fourth-order valence-corrected chi connectivity index (χ4v) is 6.29. The summed E-state index contributed by atoms with van der Waals surface area (Å²) in [5, 5.41) is 0. The van der Waals surface area contributed by atoms with E-state index in [9.17, 15) is 19.2 Å². The number of ether oxygens (including phenoxy) is 5. The Kier molecular flexibility index (Phi) is 17.0. The van der Waals surface area contributed by atoms with Gasteiger partial charge in [0.1, 0.15) is 32.0 Å². The Morgan fingerprint density at radius 2 is 1.49 bits per heavy atom. The third kappa shape index (κ3) is 13.3. The zero-order chi connectivity index (χ0) is 37.3. The maximum Gasteiger partial charge on any atom is 0.333 e. The van der Waals surface area contributed by atoms with Crippen molar-refractivity contribution in [1.29, 1.82) is 0 Å². The van der Waals surface area contributed by atoms with Crippen LogP contribution in [-0.4, -0.2) is 49.8 Å². The molecular weight excluding hydrogens is 648 g/mol. The van der Waals surface area contributed by atoms with E-state index in [1.807, 2.05) is 12.1 Å². The second-order valence-corrected chi connectivity index (χ2v) is 13.4. The first-order valence-corrected chi connectivity index (χ1v) is 18.3. The molecule has 2 aromatic rings. The van der Waals surface area contributed by atoms with E-state index in [0.717, 1.165) is 23.5 Å². The van der Waals surface area contributed by atoms with E-state index in [2.05, 4.69) is 45.2 Å². The molecule has 0 aromatic heterocycles. The van der Waals surface area contributed by atoms with E-state index in [0.29, 0.717) is 17.2 Å². The lowest BCUT2D eigenvalue weighted by Crippen LogP contribution is -2.31. The van der Waals surface area contributed by atoms with Crippen molar-refractivity contribution in [1.82, 2.24) is 0 Å². The zero-order valence-corrected chi connectivity index (χ0v) is 31.2. The summed E-state index contributed by atoms with van der Waals surface area (Å²) >= 11 is 0. The molecule has 1 unspecified atom stereocenters.